The average molecular weight is 366 g/mol. The van der Waals surface area contributed by atoms with Crippen molar-refractivity contribution >= 4 is 11.6 Å². The molecule has 3 rings (SSSR count). The minimum Gasteiger partial charge on any atom is -0.376 e. The highest BCUT2D eigenvalue weighted by atomic mass is 16.5. The monoisotopic (exact) mass is 365 g/mol. The Hall–Kier alpha value is -2.13. The van der Waals surface area contributed by atoms with E-state index in [0.29, 0.717) is 18.3 Å². The minimum absolute atomic E-state index is 0.106. The number of nitrogens with one attached hydrogen (secondary N) is 1. The summed E-state index contributed by atoms with van der Waals surface area (Å²) in [6, 6.07) is 18.5. The van der Waals surface area contributed by atoms with Crippen molar-refractivity contribution in [1.82, 2.24) is 0 Å². The van der Waals surface area contributed by atoms with Crippen molar-refractivity contribution in [2.45, 2.75) is 52.1 Å². The molecule has 2 aromatic rings. The fourth-order valence-electron chi connectivity index (χ4n) is 4.16. The third kappa shape index (κ3) is 5.67. The van der Waals surface area contributed by atoms with Crippen molar-refractivity contribution in [3.8, 4) is 0 Å². The van der Waals surface area contributed by atoms with E-state index in [-0.39, 0.29) is 11.5 Å². The lowest BCUT2D eigenvalue weighted by atomic mass is 9.75. The molecule has 0 spiro atoms. The number of carbonyl (C=O) groups is 1. The summed E-state index contributed by atoms with van der Waals surface area (Å²) in [7, 11) is 0. The lowest BCUT2D eigenvalue weighted by molar-refractivity contribution is -0.119. The largest absolute Gasteiger partial charge is 0.376 e. The van der Waals surface area contributed by atoms with Gasteiger partial charge in [0.25, 0.3) is 0 Å². The van der Waals surface area contributed by atoms with Crippen molar-refractivity contribution in [3.05, 3.63) is 65.7 Å². The van der Waals surface area contributed by atoms with Crippen LogP contribution in [0.25, 0.3) is 0 Å². The van der Waals surface area contributed by atoms with Gasteiger partial charge in [-0.1, -0.05) is 48.5 Å². The first kappa shape index (κ1) is 19.6. The van der Waals surface area contributed by atoms with Crippen LogP contribution in [0.5, 0.6) is 0 Å². The van der Waals surface area contributed by atoms with E-state index >= 15 is 0 Å². The predicted octanol–water partition coefficient (Wildman–Crippen LogP) is 5.39. The van der Waals surface area contributed by atoms with Crippen LogP contribution in [-0.4, -0.2) is 18.1 Å². The highest BCUT2D eigenvalue weighted by Crippen LogP contribution is 2.36. The van der Waals surface area contributed by atoms with Gasteiger partial charge in [-0.3, -0.25) is 4.79 Å². The molecule has 1 heterocycles. The molecule has 1 N–H and O–H groups in total. The number of amides is 1. The second-order valence-electron chi connectivity index (χ2n) is 8.38. The van der Waals surface area contributed by atoms with Gasteiger partial charge in [-0.2, -0.15) is 0 Å². The topological polar surface area (TPSA) is 38.3 Å². The Morgan fingerprint density at radius 3 is 2.56 bits per heavy atom. The van der Waals surface area contributed by atoms with E-state index in [1.54, 1.807) is 0 Å². The van der Waals surface area contributed by atoms with Crippen molar-refractivity contribution in [2.24, 2.45) is 11.8 Å². The molecule has 0 aliphatic carbocycles. The van der Waals surface area contributed by atoms with Gasteiger partial charge < -0.3 is 10.1 Å². The molecule has 3 nitrogen and oxygen atoms in total. The number of ether oxygens (including phenoxy) is 1. The Bertz CT molecular complexity index is 754. The Labute approximate surface area is 163 Å². The smallest absolute Gasteiger partial charge is 0.224 e. The molecule has 1 saturated heterocycles. The molecular formula is C24H31NO2. The van der Waals surface area contributed by atoms with Crippen LogP contribution in [0.3, 0.4) is 0 Å². The van der Waals surface area contributed by atoms with E-state index in [1.165, 1.54) is 5.56 Å². The molecule has 1 fully saturated rings. The van der Waals surface area contributed by atoms with Crippen LogP contribution in [0.15, 0.2) is 54.6 Å². The Kier molecular flexibility index (Phi) is 6.33. The second-order valence-corrected chi connectivity index (χ2v) is 8.38. The molecule has 2 atom stereocenters. The molecule has 0 radical (unpaired) electrons. The average Bonchev–Trinajstić information content (AvgIpc) is 2.63. The van der Waals surface area contributed by atoms with Crippen LogP contribution < -0.4 is 5.32 Å². The Morgan fingerprint density at radius 2 is 1.85 bits per heavy atom. The van der Waals surface area contributed by atoms with Crippen LogP contribution in [-0.2, 0) is 16.0 Å². The van der Waals surface area contributed by atoms with Gasteiger partial charge in [0, 0.05) is 18.7 Å². The summed E-state index contributed by atoms with van der Waals surface area (Å²) in [6.45, 7) is 7.12. The highest BCUT2D eigenvalue weighted by Gasteiger charge is 2.34. The van der Waals surface area contributed by atoms with Gasteiger partial charge in [-0.15, -0.1) is 0 Å². The van der Waals surface area contributed by atoms with Crippen molar-refractivity contribution in [3.63, 3.8) is 0 Å². The van der Waals surface area contributed by atoms with E-state index in [4.69, 9.17) is 4.74 Å². The number of anilines is 1. The molecule has 1 amide bonds. The normalized spacial score (nSPS) is 20.0. The molecule has 0 bridgehead atoms. The Morgan fingerprint density at radius 1 is 1.15 bits per heavy atom. The van der Waals surface area contributed by atoms with Crippen molar-refractivity contribution < 1.29 is 9.53 Å². The first-order valence-electron chi connectivity index (χ1n) is 9.96. The maximum absolute atomic E-state index is 12.8. The summed E-state index contributed by atoms with van der Waals surface area (Å²) in [6.07, 6.45) is 3.51. The molecule has 0 unspecified atom stereocenters. The van der Waals surface area contributed by atoms with Gasteiger partial charge in [0.2, 0.25) is 5.91 Å². The molecule has 27 heavy (non-hydrogen) atoms. The quantitative estimate of drug-likeness (QED) is 0.745. The van der Waals surface area contributed by atoms with Gasteiger partial charge in [0.15, 0.2) is 0 Å². The van der Waals surface area contributed by atoms with E-state index in [1.807, 2.05) is 37.3 Å². The zero-order valence-electron chi connectivity index (χ0n) is 16.7. The molecule has 0 saturated carbocycles. The SMILES string of the molecule is Cc1ccccc1NC(=O)C[C@H](Cc1ccccc1)[C@H]1CCOC(C)(C)C1. The zero-order valence-corrected chi connectivity index (χ0v) is 16.7. The molecular weight excluding hydrogens is 334 g/mol. The number of hydrogen-bond donors (Lipinski definition) is 1. The number of para-hydroxylation sites is 1. The second kappa shape index (κ2) is 8.71. The van der Waals surface area contributed by atoms with Gasteiger partial charge in [0.05, 0.1) is 5.60 Å². The van der Waals surface area contributed by atoms with E-state index < -0.39 is 0 Å². The van der Waals surface area contributed by atoms with E-state index in [2.05, 4.69) is 43.4 Å². The lowest BCUT2D eigenvalue weighted by Gasteiger charge is -2.39. The molecule has 144 valence electrons. The molecule has 1 aliphatic rings. The number of rotatable bonds is 6. The zero-order chi connectivity index (χ0) is 19.3. The van der Waals surface area contributed by atoms with Crippen molar-refractivity contribution in [2.75, 3.05) is 11.9 Å². The summed E-state index contributed by atoms with van der Waals surface area (Å²) in [5.41, 5.74) is 3.20. The fourth-order valence-corrected chi connectivity index (χ4v) is 4.16. The van der Waals surface area contributed by atoms with Gasteiger partial charge >= 0.3 is 0 Å². The first-order valence-corrected chi connectivity index (χ1v) is 9.96. The lowest BCUT2D eigenvalue weighted by Crippen LogP contribution is -2.38. The molecule has 2 aromatic carbocycles. The minimum atomic E-state index is -0.107. The fraction of sp³-hybridized carbons (Fsp3) is 0.458. The number of hydrogen-bond acceptors (Lipinski definition) is 2. The van der Waals surface area contributed by atoms with Gasteiger partial charge in [0.1, 0.15) is 0 Å². The first-order chi connectivity index (χ1) is 12.9. The van der Waals surface area contributed by atoms with E-state index in [0.717, 1.165) is 37.1 Å². The third-order valence-corrected chi connectivity index (χ3v) is 5.61. The van der Waals surface area contributed by atoms with E-state index in [9.17, 15) is 4.79 Å². The third-order valence-electron chi connectivity index (χ3n) is 5.61. The summed E-state index contributed by atoms with van der Waals surface area (Å²) in [5.74, 6) is 0.922. The van der Waals surface area contributed by atoms with Crippen molar-refractivity contribution in [1.29, 1.82) is 0 Å². The number of carbonyl (C=O) groups excluding carboxylic acids is 1. The Balaban J connectivity index is 1.72. The summed E-state index contributed by atoms with van der Waals surface area (Å²) < 4.78 is 5.91. The van der Waals surface area contributed by atoms with Crippen LogP contribution in [0.1, 0.15) is 44.2 Å². The van der Waals surface area contributed by atoms with Crippen LogP contribution in [0.2, 0.25) is 0 Å². The summed E-state index contributed by atoms with van der Waals surface area (Å²) in [4.78, 5) is 12.8. The summed E-state index contributed by atoms with van der Waals surface area (Å²) >= 11 is 0. The van der Waals surface area contributed by atoms with Crippen LogP contribution in [0, 0.1) is 18.8 Å². The molecule has 1 aliphatic heterocycles. The van der Waals surface area contributed by atoms with Crippen LogP contribution >= 0.6 is 0 Å². The maximum Gasteiger partial charge on any atom is 0.224 e. The van der Waals surface area contributed by atoms with Gasteiger partial charge in [-0.25, -0.2) is 0 Å². The van der Waals surface area contributed by atoms with Gasteiger partial charge in [-0.05, 0) is 69.1 Å². The molecule has 3 heteroatoms. The highest BCUT2D eigenvalue weighted by molar-refractivity contribution is 5.91. The summed E-state index contributed by atoms with van der Waals surface area (Å²) in [5, 5.41) is 3.12. The van der Waals surface area contributed by atoms with Crippen LogP contribution in [0.4, 0.5) is 5.69 Å². The maximum atomic E-state index is 12.8. The predicted molar refractivity (Wildman–Crippen MR) is 111 cm³/mol. The standard InChI is InChI=1S/C24H31NO2/c1-18-9-7-8-12-22(18)25-23(26)16-21(15-19-10-5-4-6-11-19)20-13-14-27-24(2,3)17-20/h4-12,20-21H,13-17H2,1-3H3,(H,25,26)/t20-,21-/m0/s1. The number of aryl methyl sites for hydroxylation is 1. The number of benzene rings is 2. The molecule has 0 aromatic heterocycles.